The molecule has 2 aliphatic heterocycles. The van der Waals surface area contributed by atoms with Gasteiger partial charge in [0, 0.05) is 25.6 Å². The van der Waals surface area contributed by atoms with Gasteiger partial charge in [0.15, 0.2) is 0 Å². The van der Waals surface area contributed by atoms with Crippen molar-refractivity contribution < 1.29 is 38.1 Å². The van der Waals surface area contributed by atoms with Crippen LogP contribution in [0.1, 0.15) is 55.8 Å². The molecule has 3 atom stereocenters. The number of ether oxygens (including phenoxy) is 4. The molecule has 1 saturated heterocycles. The highest BCUT2D eigenvalue weighted by molar-refractivity contribution is 6.21. The fourth-order valence-corrected chi connectivity index (χ4v) is 7.29. The van der Waals surface area contributed by atoms with Crippen LogP contribution < -0.4 is 15.2 Å². The molecule has 0 saturated carbocycles. The molecule has 12 heteroatoms. The zero-order valence-electron chi connectivity index (χ0n) is 29.6. The quantitative estimate of drug-likeness (QED) is 0.127. The number of furan rings is 1. The van der Waals surface area contributed by atoms with Crippen LogP contribution in [0, 0.1) is 0 Å². The number of carbonyl (C=O) groups is 2. The fraction of sp³-hybridized carbons (Fsp3) is 0.238. The van der Waals surface area contributed by atoms with Crippen molar-refractivity contribution in [3.63, 3.8) is 0 Å². The molecule has 1 fully saturated rings. The van der Waals surface area contributed by atoms with Crippen LogP contribution in [-0.4, -0.2) is 71.0 Å². The van der Waals surface area contributed by atoms with E-state index in [0.29, 0.717) is 33.8 Å². The second-order valence-corrected chi connectivity index (χ2v) is 13.2. The van der Waals surface area contributed by atoms with Gasteiger partial charge in [-0.3, -0.25) is 19.1 Å². The molecule has 0 aliphatic carbocycles. The summed E-state index contributed by atoms with van der Waals surface area (Å²) in [5, 5.41) is 11.8. The van der Waals surface area contributed by atoms with Crippen molar-refractivity contribution in [3.8, 4) is 11.5 Å². The van der Waals surface area contributed by atoms with E-state index in [0.717, 1.165) is 16.7 Å². The van der Waals surface area contributed by atoms with Crippen LogP contribution in [0.3, 0.4) is 0 Å². The van der Waals surface area contributed by atoms with Crippen LogP contribution in [0.15, 0.2) is 125 Å². The Morgan fingerprint density at radius 2 is 1.37 bits per heavy atom. The van der Waals surface area contributed by atoms with Gasteiger partial charge < -0.3 is 28.5 Å². The fourth-order valence-electron chi connectivity index (χ4n) is 7.29. The summed E-state index contributed by atoms with van der Waals surface area (Å²) in [5.74, 6) is 1.13. The summed E-state index contributed by atoms with van der Waals surface area (Å²) in [5.41, 5.74) is 1.64. The summed E-state index contributed by atoms with van der Waals surface area (Å²) < 4.78 is 31.4. The first kappa shape index (κ1) is 35.0. The third kappa shape index (κ3) is 6.23. The van der Waals surface area contributed by atoms with Crippen LogP contribution >= 0.6 is 0 Å². The number of fused-ring (bicyclic) bond motifs is 2. The zero-order chi connectivity index (χ0) is 37.4. The molecule has 1 N–H and O–H groups in total. The molecule has 2 amide bonds. The Hall–Kier alpha value is -6.08. The topological polar surface area (TPSA) is 143 Å². The van der Waals surface area contributed by atoms with E-state index in [9.17, 15) is 19.5 Å². The Morgan fingerprint density at radius 1 is 0.796 bits per heavy atom. The number of aliphatic hydroxyl groups excluding tert-OH is 1. The highest BCUT2D eigenvalue weighted by Gasteiger charge is 2.42. The zero-order valence-corrected chi connectivity index (χ0v) is 29.6. The second-order valence-electron chi connectivity index (χ2n) is 13.2. The first-order valence-electron chi connectivity index (χ1n) is 17.6. The lowest BCUT2D eigenvalue weighted by atomic mass is 9.80. The number of nitrogens with zero attached hydrogens (tertiary/aromatic N) is 3. The van der Waals surface area contributed by atoms with E-state index in [2.05, 4.69) is 4.98 Å². The smallest absolute Gasteiger partial charge is 0.353 e. The van der Waals surface area contributed by atoms with Gasteiger partial charge >= 0.3 is 5.69 Å². The molecule has 4 heterocycles. The maximum absolute atomic E-state index is 13.3. The summed E-state index contributed by atoms with van der Waals surface area (Å²) >= 11 is 0. The van der Waals surface area contributed by atoms with Gasteiger partial charge in [-0.25, -0.2) is 4.79 Å². The number of aromatic nitrogens is 2. The van der Waals surface area contributed by atoms with Crippen LogP contribution in [-0.2, 0) is 21.5 Å². The maximum atomic E-state index is 13.3. The lowest BCUT2D eigenvalue weighted by Crippen LogP contribution is -2.38. The van der Waals surface area contributed by atoms with Crippen molar-refractivity contribution in [2.45, 2.75) is 36.9 Å². The van der Waals surface area contributed by atoms with Crippen molar-refractivity contribution >= 4 is 22.9 Å². The standard InChI is InChI=1S/C42H37N3O9/c1-50-30-16-12-28(13-17-30)42(27-8-4-3-5-9-27,29-14-18-31(51-2)19-15-29)52-25-36-35(46)23-37(54-36)45-24-26-22-32(53-38(26)43-41(45)49)20-21-44-39(47)33-10-6-7-11-34(33)40(44)48/h3-19,22,24,35-37,46H,20-21,23,25H2,1-2H3/t35-,36+,37+/m0/s1. The first-order valence-corrected chi connectivity index (χ1v) is 17.6. The monoisotopic (exact) mass is 727 g/mol. The van der Waals surface area contributed by atoms with E-state index >= 15 is 0 Å². The Bertz CT molecular complexity index is 2290. The van der Waals surface area contributed by atoms with Gasteiger partial charge in [0.05, 0.1) is 43.4 Å². The van der Waals surface area contributed by atoms with Crippen molar-refractivity contribution in [2.75, 3.05) is 27.4 Å². The first-order chi connectivity index (χ1) is 26.3. The molecule has 12 nitrogen and oxygen atoms in total. The van der Waals surface area contributed by atoms with E-state index in [-0.39, 0.29) is 43.5 Å². The highest BCUT2D eigenvalue weighted by atomic mass is 16.6. The molecule has 2 aromatic heterocycles. The average Bonchev–Trinajstić information content (AvgIpc) is 3.86. The summed E-state index contributed by atoms with van der Waals surface area (Å²) in [6.45, 7) is 0.0796. The summed E-state index contributed by atoms with van der Waals surface area (Å²) in [6, 6.07) is 33.5. The number of carbonyl (C=O) groups excluding carboxylic acids is 2. The summed E-state index contributed by atoms with van der Waals surface area (Å²) in [6.07, 6.45) is -0.644. The largest absolute Gasteiger partial charge is 0.497 e. The number of amides is 2. The van der Waals surface area contributed by atoms with E-state index in [1.165, 1.54) is 9.47 Å². The lowest BCUT2D eigenvalue weighted by Gasteiger charge is -2.37. The minimum absolute atomic E-state index is 0.0251. The number of rotatable bonds is 12. The number of benzene rings is 4. The Balaban J connectivity index is 1.03. The normalized spacial score (nSPS) is 18.4. The van der Waals surface area contributed by atoms with Gasteiger partial charge in [-0.2, -0.15) is 4.98 Å². The van der Waals surface area contributed by atoms with Gasteiger partial charge in [-0.1, -0.05) is 66.7 Å². The van der Waals surface area contributed by atoms with Crippen LogP contribution in [0.5, 0.6) is 11.5 Å². The minimum atomic E-state index is -1.13. The van der Waals surface area contributed by atoms with Gasteiger partial charge in [0.25, 0.3) is 11.8 Å². The van der Waals surface area contributed by atoms with E-state index < -0.39 is 29.7 Å². The third-order valence-electron chi connectivity index (χ3n) is 10.1. The Labute approximate surface area is 310 Å². The number of methoxy groups -OCH3 is 2. The molecule has 0 unspecified atom stereocenters. The third-order valence-corrected chi connectivity index (χ3v) is 10.1. The van der Waals surface area contributed by atoms with Gasteiger partial charge in [0.2, 0.25) is 5.71 Å². The predicted molar refractivity (Wildman–Crippen MR) is 197 cm³/mol. The molecule has 54 heavy (non-hydrogen) atoms. The van der Waals surface area contributed by atoms with Crippen LogP contribution in [0.25, 0.3) is 11.1 Å². The Kier molecular flexibility index (Phi) is 9.32. The van der Waals surface area contributed by atoms with Crippen molar-refractivity contribution in [1.82, 2.24) is 14.5 Å². The highest BCUT2D eigenvalue weighted by Crippen LogP contribution is 2.43. The summed E-state index contributed by atoms with van der Waals surface area (Å²) in [4.78, 5) is 44.3. The predicted octanol–water partition coefficient (Wildman–Crippen LogP) is 5.50. The lowest BCUT2D eigenvalue weighted by molar-refractivity contribution is -0.0943. The van der Waals surface area contributed by atoms with Gasteiger partial charge in [-0.15, -0.1) is 0 Å². The Morgan fingerprint density at radius 3 is 1.96 bits per heavy atom. The average molecular weight is 728 g/mol. The molecule has 0 bridgehead atoms. The van der Waals surface area contributed by atoms with E-state index in [1.807, 2.05) is 78.9 Å². The number of imide groups is 1. The van der Waals surface area contributed by atoms with Crippen molar-refractivity contribution in [3.05, 3.63) is 159 Å². The molecule has 274 valence electrons. The van der Waals surface area contributed by atoms with Crippen molar-refractivity contribution in [2.24, 2.45) is 0 Å². The minimum Gasteiger partial charge on any atom is -0.497 e. The second kappa shape index (κ2) is 14.4. The SMILES string of the molecule is COc1ccc(C(OC[C@H]2O[C@@H](n3cc4cc(CCN5C(=O)c6ccccc6C5=O)oc4nc3=O)C[C@@H]2O)(c2ccccc2)c2ccc(OC)cc2)cc1. The molecule has 0 radical (unpaired) electrons. The molecular weight excluding hydrogens is 690 g/mol. The molecule has 8 rings (SSSR count). The molecular formula is C42H37N3O9. The molecule has 6 aromatic rings. The number of aliphatic hydroxyl groups is 1. The maximum Gasteiger partial charge on any atom is 0.353 e. The van der Waals surface area contributed by atoms with E-state index in [4.69, 9.17) is 23.4 Å². The van der Waals surface area contributed by atoms with Crippen LogP contribution in [0.2, 0.25) is 0 Å². The molecule has 2 aliphatic rings. The van der Waals surface area contributed by atoms with E-state index in [1.54, 1.807) is 50.7 Å². The molecule has 4 aromatic carbocycles. The van der Waals surface area contributed by atoms with Gasteiger partial charge in [0.1, 0.15) is 35.2 Å². The van der Waals surface area contributed by atoms with Crippen molar-refractivity contribution in [1.29, 1.82) is 0 Å². The number of hydrogen-bond acceptors (Lipinski definition) is 10. The molecule has 0 spiro atoms. The summed E-state index contributed by atoms with van der Waals surface area (Å²) in [7, 11) is 3.22. The van der Waals surface area contributed by atoms with Gasteiger partial charge in [-0.05, 0) is 59.2 Å². The number of hydrogen-bond donors (Lipinski definition) is 1. The van der Waals surface area contributed by atoms with Crippen LogP contribution in [0.4, 0.5) is 0 Å².